The minimum absolute atomic E-state index is 0.0911. The van der Waals surface area contributed by atoms with Crippen molar-refractivity contribution >= 4 is 11.6 Å². The van der Waals surface area contributed by atoms with Crippen LogP contribution in [0.2, 0.25) is 5.02 Å². The Kier molecular flexibility index (Phi) is 5.72. The zero-order valence-electron chi connectivity index (χ0n) is 14.0. The molecule has 0 aromatic heterocycles. The number of aliphatic hydroxyl groups excluding tert-OH is 1. The van der Waals surface area contributed by atoms with Crippen molar-refractivity contribution in [2.45, 2.75) is 25.8 Å². The van der Waals surface area contributed by atoms with Gasteiger partial charge in [-0.2, -0.15) is 0 Å². The van der Waals surface area contributed by atoms with Crippen molar-refractivity contribution in [2.75, 3.05) is 19.7 Å². The van der Waals surface area contributed by atoms with Crippen LogP contribution in [0.1, 0.15) is 24.0 Å². The van der Waals surface area contributed by atoms with Gasteiger partial charge in [0.05, 0.1) is 6.61 Å². The van der Waals surface area contributed by atoms with Crippen LogP contribution in [0.15, 0.2) is 42.5 Å². The molecule has 0 amide bonds. The summed E-state index contributed by atoms with van der Waals surface area (Å²) in [6, 6.07) is 11.8. The van der Waals surface area contributed by atoms with Crippen LogP contribution >= 0.6 is 11.6 Å². The Bertz CT molecular complexity index is 739. The molecule has 1 atom stereocenters. The average Bonchev–Trinajstić information content (AvgIpc) is 2.58. The molecular weight excluding hydrogens is 344 g/mol. The zero-order valence-corrected chi connectivity index (χ0v) is 14.8. The van der Waals surface area contributed by atoms with E-state index in [1.165, 1.54) is 12.1 Å². The molecule has 2 nitrogen and oxygen atoms in total. The van der Waals surface area contributed by atoms with Gasteiger partial charge >= 0.3 is 0 Å². The number of likely N-dealkylation sites (tertiary alicyclic amines) is 1. The van der Waals surface area contributed by atoms with Gasteiger partial charge in [-0.3, -0.25) is 4.90 Å². The third-order valence-corrected chi connectivity index (χ3v) is 5.17. The third-order valence-electron chi connectivity index (χ3n) is 4.93. The Morgan fingerprint density at radius 1 is 1.08 bits per heavy atom. The van der Waals surface area contributed by atoms with Crippen LogP contribution < -0.4 is 0 Å². The second kappa shape index (κ2) is 7.81. The highest BCUT2D eigenvalue weighted by atomic mass is 35.5. The smallest absolute Gasteiger partial charge is 0.159 e. The predicted molar refractivity (Wildman–Crippen MR) is 95.5 cm³/mol. The Balaban J connectivity index is 1.72. The van der Waals surface area contributed by atoms with E-state index in [2.05, 4.69) is 4.90 Å². The monoisotopic (exact) mass is 365 g/mol. The lowest BCUT2D eigenvalue weighted by molar-refractivity contribution is 0.0288. The van der Waals surface area contributed by atoms with Crippen LogP contribution in [-0.4, -0.2) is 29.7 Å². The topological polar surface area (TPSA) is 23.5 Å². The minimum Gasteiger partial charge on any atom is -0.396 e. The van der Waals surface area contributed by atoms with E-state index in [9.17, 15) is 13.9 Å². The van der Waals surface area contributed by atoms with Crippen molar-refractivity contribution in [3.05, 3.63) is 70.2 Å². The molecule has 2 aromatic rings. The van der Waals surface area contributed by atoms with Gasteiger partial charge < -0.3 is 5.11 Å². The van der Waals surface area contributed by atoms with Crippen molar-refractivity contribution in [1.82, 2.24) is 4.90 Å². The number of benzene rings is 2. The van der Waals surface area contributed by atoms with E-state index in [1.54, 1.807) is 6.07 Å². The molecule has 0 bridgehead atoms. The van der Waals surface area contributed by atoms with Crippen molar-refractivity contribution in [3.63, 3.8) is 0 Å². The van der Waals surface area contributed by atoms with E-state index in [0.29, 0.717) is 11.6 Å². The minimum atomic E-state index is -0.826. The molecule has 1 fully saturated rings. The number of hydrogen-bond acceptors (Lipinski definition) is 2. The summed E-state index contributed by atoms with van der Waals surface area (Å²) in [5.74, 6) is -1.64. The van der Waals surface area contributed by atoms with Gasteiger partial charge in [-0.25, -0.2) is 8.78 Å². The largest absolute Gasteiger partial charge is 0.396 e. The normalized spacial score (nSPS) is 21.4. The van der Waals surface area contributed by atoms with Crippen LogP contribution in [0.5, 0.6) is 0 Å². The molecule has 1 N–H and O–H groups in total. The van der Waals surface area contributed by atoms with Gasteiger partial charge in [0, 0.05) is 23.5 Å². The lowest BCUT2D eigenvalue weighted by Crippen LogP contribution is -2.46. The molecule has 1 aliphatic rings. The number of aliphatic hydroxyl groups is 1. The lowest BCUT2D eigenvalue weighted by atomic mass is 9.75. The predicted octanol–water partition coefficient (Wildman–Crippen LogP) is 4.44. The van der Waals surface area contributed by atoms with Crippen molar-refractivity contribution in [2.24, 2.45) is 5.41 Å². The first-order valence-corrected chi connectivity index (χ1v) is 8.89. The number of nitrogens with zero attached hydrogens (tertiary/aromatic N) is 1. The van der Waals surface area contributed by atoms with E-state index in [-0.39, 0.29) is 12.0 Å². The zero-order chi connectivity index (χ0) is 17.9. The molecule has 5 heteroatoms. The first-order valence-electron chi connectivity index (χ1n) is 8.51. The number of hydrogen-bond donors (Lipinski definition) is 1. The number of rotatable bonds is 5. The van der Waals surface area contributed by atoms with Gasteiger partial charge in [0.15, 0.2) is 11.6 Å². The summed E-state index contributed by atoms with van der Waals surface area (Å²) in [5.41, 5.74) is 1.62. The van der Waals surface area contributed by atoms with Crippen LogP contribution in [0.25, 0.3) is 0 Å². The molecule has 0 saturated carbocycles. The van der Waals surface area contributed by atoms with E-state index < -0.39 is 11.6 Å². The summed E-state index contributed by atoms with van der Waals surface area (Å²) in [7, 11) is 0. The van der Waals surface area contributed by atoms with Gasteiger partial charge in [-0.1, -0.05) is 29.8 Å². The molecule has 134 valence electrons. The van der Waals surface area contributed by atoms with Gasteiger partial charge in [-0.15, -0.1) is 0 Å². The van der Waals surface area contributed by atoms with Gasteiger partial charge in [0.25, 0.3) is 0 Å². The average molecular weight is 366 g/mol. The second-order valence-electron chi connectivity index (χ2n) is 7.03. The molecular formula is C20H22ClF2NO. The van der Waals surface area contributed by atoms with Crippen LogP contribution in [0.4, 0.5) is 8.78 Å². The summed E-state index contributed by atoms with van der Waals surface area (Å²) in [6.07, 6.45) is 2.65. The molecule has 1 aliphatic heterocycles. The summed E-state index contributed by atoms with van der Waals surface area (Å²) in [5, 5.41) is 10.8. The fourth-order valence-electron chi connectivity index (χ4n) is 3.75. The molecule has 0 unspecified atom stereocenters. The standard InChI is InChI=1S/C20H22ClF2NO/c21-17-4-1-3-15(9-17)11-20(14-25)7-2-8-24(13-20)12-16-5-6-18(22)19(23)10-16/h1,3-6,9-10,25H,2,7-8,11-14H2/t20-/m0/s1. The summed E-state index contributed by atoms with van der Waals surface area (Å²) >= 11 is 6.08. The molecule has 0 spiro atoms. The molecule has 2 aromatic carbocycles. The second-order valence-corrected chi connectivity index (χ2v) is 7.46. The fraction of sp³-hybridized carbons (Fsp3) is 0.400. The van der Waals surface area contributed by atoms with Crippen molar-refractivity contribution in [3.8, 4) is 0 Å². The maximum Gasteiger partial charge on any atom is 0.159 e. The third kappa shape index (κ3) is 4.57. The van der Waals surface area contributed by atoms with Gasteiger partial charge in [-0.05, 0) is 61.2 Å². The summed E-state index contributed by atoms with van der Waals surface area (Å²) < 4.78 is 26.5. The van der Waals surface area contributed by atoms with Crippen LogP contribution in [0, 0.1) is 17.0 Å². The van der Waals surface area contributed by atoms with E-state index in [0.717, 1.165) is 43.5 Å². The molecule has 1 saturated heterocycles. The van der Waals surface area contributed by atoms with E-state index >= 15 is 0 Å². The first-order chi connectivity index (χ1) is 12.0. The number of halogens is 3. The molecule has 0 radical (unpaired) electrons. The van der Waals surface area contributed by atoms with E-state index in [1.807, 2.05) is 24.3 Å². The SMILES string of the molecule is OC[C@]1(Cc2cccc(Cl)c2)CCCN(Cc2ccc(F)c(F)c2)C1. The van der Waals surface area contributed by atoms with E-state index in [4.69, 9.17) is 11.6 Å². The quantitative estimate of drug-likeness (QED) is 0.847. The molecule has 3 rings (SSSR count). The molecule has 0 aliphatic carbocycles. The van der Waals surface area contributed by atoms with Crippen LogP contribution in [0.3, 0.4) is 0 Å². The van der Waals surface area contributed by atoms with Crippen LogP contribution in [-0.2, 0) is 13.0 Å². The molecule has 25 heavy (non-hydrogen) atoms. The highest BCUT2D eigenvalue weighted by Gasteiger charge is 2.35. The van der Waals surface area contributed by atoms with Crippen molar-refractivity contribution in [1.29, 1.82) is 0 Å². The lowest BCUT2D eigenvalue weighted by Gasteiger charge is -2.42. The Labute approximate surface area is 152 Å². The van der Waals surface area contributed by atoms with Gasteiger partial charge in [0.2, 0.25) is 0 Å². The summed E-state index contributed by atoms with van der Waals surface area (Å²) in [4.78, 5) is 2.21. The van der Waals surface area contributed by atoms with Gasteiger partial charge in [0.1, 0.15) is 0 Å². The number of piperidine rings is 1. The Morgan fingerprint density at radius 3 is 2.64 bits per heavy atom. The Morgan fingerprint density at radius 2 is 1.92 bits per heavy atom. The maximum atomic E-state index is 13.4. The molecule has 1 heterocycles. The first kappa shape index (κ1) is 18.3. The van der Waals surface area contributed by atoms with Crippen molar-refractivity contribution < 1.29 is 13.9 Å². The fourth-order valence-corrected chi connectivity index (χ4v) is 3.96. The highest BCUT2D eigenvalue weighted by molar-refractivity contribution is 6.30. The Hall–Kier alpha value is -1.49. The summed E-state index contributed by atoms with van der Waals surface area (Å²) in [6.45, 7) is 2.24. The highest BCUT2D eigenvalue weighted by Crippen LogP contribution is 2.34. The maximum absolute atomic E-state index is 13.4.